The van der Waals surface area contributed by atoms with Crippen LogP contribution in [0.2, 0.25) is 0 Å². The fourth-order valence-electron chi connectivity index (χ4n) is 5.23. The molecule has 4 rings (SSSR count). The molecule has 0 spiro atoms. The summed E-state index contributed by atoms with van der Waals surface area (Å²) in [4.78, 5) is 41.4. The van der Waals surface area contributed by atoms with Gasteiger partial charge in [-0.15, -0.1) is 0 Å². The standard InChI is InChI=1S/C33H36F3N3O4/c1-4-43-32(42)22(2)37-30(40)21-23-17-19-39(20-18-23)27-15-13-26(14-16-27)38(3)31(41)29-8-6-5-7-28(29)24-9-11-25(12-10-24)33(34,35)36/h5-16,22-23H,4,17-21H2,1-3H3,(H,37,40)/t22-/m0/s1. The van der Waals surface area contributed by atoms with E-state index in [1.807, 2.05) is 24.3 Å². The lowest BCUT2D eigenvalue weighted by atomic mass is 9.92. The summed E-state index contributed by atoms with van der Waals surface area (Å²) in [6.07, 6.45) is -2.40. The van der Waals surface area contributed by atoms with Crippen LogP contribution in [-0.2, 0) is 20.5 Å². The van der Waals surface area contributed by atoms with Gasteiger partial charge in [-0.3, -0.25) is 9.59 Å². The molecule has 0 radical (unpaired) electrons. The molecule has 0 unspecified atom stereocenters. The molecule has 7 nitrogen and oxygen atoms in total. The van der Waals surface area contributed by atoms with E-state index in [0.717, 1.165) is 43.8 Å². The molecule has 228 valence electrons. The number of piperidine rings is 1. The quantitative estimate of drug-likeness (QED) is 0.293. The zero-order valence-electron chi connectivity index (χ0n) is 24.5. The highest BCUT2D eigenvalue weighted by atomic mass is 19.4. The van der Waals surface area contributed by atoms with Gasteiger partial charge in [0.05, 0.1) is 12.2 Å². The van der Waals surface area contributed by atoms with Crippen LogP contribution in [0.5, 0.6) is 0 Å². The van der Waals surface area contributed by atoms with Crippen molar-refractivity contribution < 1.29 is 32.3 Å². The number of anilines is 2. The summed E-state index contributed by atoms with van der Waals surface area (Å²) in [5.74, 6) is -0.654. The molecule has 1 saturated heterocycles. The summed E-state index contributed by atoms with van der Waals surface area (Å²) in [6.45, 7) is 5.16. The maximum absolute atomic E-state index is 13.5. The largest absolute Gasteiger partial charge is 0.464 e. The zero-order valence-corrected chi connectivity index (χ0v) is 24.5. The van der Waals surface area contributed by atoms with E-state index in [-0.39, 0.29) is 24.3 Å². The van der Waals surface area contributed by atoms with Crippen molar-refractivity contribution in [3.8, 4) is 11.1 Å². The summed E-state index contributed by atoms with van der Waals surface area (Å²) in [5.41, 5.74) is 2.41. The number of hydrogen-bond acceptors (Lipinski definition) is 5. The molecular formula is C33H36F3N3O4. The Kier molecular flexibility index (Phi) is 10.1. The molecule has 0 bridgehead atoms. The fraction of sp³-hybridized carbons (Fsp3) is 0.364. The second-order valence-electron chi connectivity index (χ2n) is 10.7. The lowest BCUT2D eigenvalue weighted by Gasteiger charge is -2.33. The highest BCUT2D eigenvalue weighted by Gasteiger charge is 2.30. The molecule has 1 fully saturated rings. The SMILES string of the molecule is CCOC(=O)[C@H](C)NC(=O)CC1CCN(c2ccc(N(C)C(=O)c3ccccc3-c3ccc(C(F)(F)F)cc3)cc2)CC1. The van der Waals surface area contributed by atoms with Crippen molar-refractivity contribution in [1.29, 1.82) is 0 Å². The number of amides is 2. The van der Waals surface area contributed by atoms with E-state index in [1.54, 1.807) is 45.2 Å². The number of hydrogen-bond donors (Lipinski definition) is 1. The average molecular weight is 596 g/mol. The van der Waals surface area contributed by atoms with Gasteiger partial charge in [-0.25, -0.2) is 4.79 Å². The molecular weight excluding hydrogens is 559 g/mol. The molecule has 1 aliphatic heterocycles. The Morgan fingerprint density at radius 2 is 1.60 bits per heavy atom. The molecule has 1 aliphatic rings. The van der Waals surface area contributed by atoms with Gasteiger partial charge in [-0.05, 0) is 86.2 Å². The number of halogens is 3. The van der Waals surface area contributed by atoms with Gasteiger partial charge >= 0.3 is 12.1 Å². The predicted octanol–water partition coefficient (Wildman–Crippen LogP) is 6.32. The molecule has 43 heavy (non-hydrogen) atoms. The number of nitrogens with one attached hydrogen (secondary N) is 1. The zero-order chi connectivity index (χ0) is 31.1. The van der Waals surface area contributed by atoms with Gasteiger partial charge in [0.15, 0.2) is 0 Å². The molecule has 2 amide bonds. The van der Waals surface area contributed by atoms with Crippen LogP contribution in [0.25, 0.3) is 11.1 Å². The number of benzene rings is 3. The Labute approximate surface area is 249 Å². The third kappa shape index (κ3) is 7.94. The first-order valence-electron chi connectivity index (χ1n) is 14.3. The Balaban J connectivity index is 1.35. The number of alkyl halides is 3. The van der Waals surface area contributed by atoms with E-state index in [4.69, 9.17) is 4.74 Å². The molecule has 1 N–H and O–H groups in total. The number of esters is 1. The second kappa shape index (κ2) is 13.8. The molecule has 3 aromatic rings. The van der Waals surface area contributed by atoms with Gasteiger partial charge in [-0.1, -0.05) is 30.3 Å². The van der Waals surface area contributed by atoms with Gasteiger partial charge in [0.1, 0.15) is 6.04 Å². The van der Waals surface area contributed by atoms with Crippen molar-refractivity contribution in [2.45, 2.75) is 45.3 Å². The van der Waals surface area contributed by atoms with Gasteiger partial charge in [0.2, 0.25) is 5.91 Å². The number of rotatable bonds is 9. The third-order valence-electron chi connectivity index (χ3n) is 7.69. The first kappa shape index (κ1) is 31.6. The molecule has 0 aromatic heterocycles. The van der Waals surface area contributed by atoms with Crippen LogP contribution in [0.1, 0.15) is 49.0 Å². The molecule has 0 aliphatic carbocycles. The van der Waals surface area contributed by atoms with Crippen LogP contribution in [0.4, 0.5) is 24.5 Å². The summed E-state index contributed by atoms with van der Waals surface area (Å²) < 4.78 is 44.0. The number of nitrogens with zero attached hydrogens (tertiary/aromatic N) is 2. The normalized spacial score (nSPS) is 14.6. The number of carbonyl (C=O) groups is 3. The van der Waals surface area contributed by atoms with Crippen molar-refractivity contribution in [2.75, 3.05) is 36.5 Å². The fourth-order valence-corrected chi connectivity index (χ4v) is 5.23. The Morgan fingerprint density at radius 1 is 0.977 bits per heavy atom. The Hall–Kier alpha value is -4.34. The van der Waals surface area contributed by atoms with E-state index in [0.29, 0.717) is 28.8 Å². The van der Waals surface area contributed by atoms with E-state index in [2.05, 4.69) is 10.2 Å². The minimum atomic E-state index is -4.43. The maximum Gasteiger partial charge on any atom is 0.416 e. The minimum Gasteiger partial charge on any atom is -0.464 e. The summed E-state index contributed by atoms with van der Waals surface area (Å²) >= 11 is 0. The number of ether oxygens (including phenoxy) is 1. The Morgan fingerprint density at radius 3 is 2.21 bits per heavy atom. The lowest BCUT2D eigenvalue weighted by Crippen LogP contribution is -2.41. The third-order valence-corrected chi connectivity index (χ3v) is 7.69. The van der Waals surface area contributed by atoms with E-state index in [1.165, 1.54) is 17.0 Å². The monoisotopic (exact) mass is 595 g/mol. The first-order valence-corrected chi connectivity index (χ1v) is 14.3. The van der Waals surface area contributed by atoms with E-state index in [9.17, 15) is 27.6 Å². The minimum absolute atomic E-state index is 0.157. The Bertz CT molecular complexity index is 1420. The van der Waals surface area contributed by atoms with Gasteiger partial charge in [-0.2, -0.15) is 13.2 Å². The summed E-state index contributed by atoms with van der Waals surface area (Å²) in [6, 6.07) is 18.6. The van der Waals surface area contributed by atoms with Crippen LogP contribution in [0.15, 0.2) is 72.8 Å². The van der Waals surface area contributed by atoms with Crippen LogP contribution < -0.4 is 15.1 Å². The van der Waals surface area contributed by atoms with Gasteiger partial charge in [0.25, 0.3) is 5.91 Å². The van der Waals surface area contributed by atoms with Crippen molar-refractivity contribution in [3.05, 3.63) is 83.9 Å². The molecule has 1 heterocycles. The van der Waals surface area contributed by atoms with Crippen LogP contribution in [0.3, 0.4) is 0 Å². The molecule has 0 saturated carbocycles. The highest BCUT2D eigenvalue weighted by molar-refractivity contribution is 6.10. The smallest absolute Gasteiger partial charge is 0.416 e. The van der Waals surface area contributed by atoms with Crippen molar-refractivity contribution in [3.63, 3.8) is 0 Å². The van der Waals surface area contributed by atoms with Crippen molar-refractivity contribution in [2.24, 2.45) is 5.92 Å². The van der Waals surface area contributed by atoms with E-state index >= 15 is 0 Å². The van der Waals surface area contributed by atoms with Crippen LogP contribution in [-0.4, -0.2) is 50.6 Å². The lowest BCUT2D eigenvalue weighted by molar-refractivity contribution is -0.147. The van der Waals surface area contributed by atoms with Crippen LogP contribution >= 0.6 is 0 Å². The van der Waals surface area contributed by atoms with Crippen LogP contribution in [0, 0.1) is 5.92 Å². The second-order valence-corrected chi connectivity index (χ2v) is 10.7. The van der Waals surface area contributed by atoms with Crippen molar-refractivity contribution >= 4 is 29.2 Å². The highest BCUT2D eigenvalue weighted by Crippen LogP contribution is 2.33. The molecule has 10 heteroatoms. The maximum atomic E-state index is 13.5. The van der Waals surface area contributed by atoms with Gasteiger partial charge in [0, 0.05) is 43.5 Å². The van der Waals surface area contributed by atoms with Gasteiger partial charge < -0.3 is 19.9 Å². The molecule has 1 atom stereocenters. The topological polar surface area (TPSA) is 79.0 Å². The number of carbonyl (C=O) groups excluding carboxylic acids is 3. The van der Waals surface area contributed by atoms with Crippen molar-refractivity contribution in [1.82, 2.24) is 5.32 Å². The average Bonchev–Trinajstić information content (AvgIpc) is 3.00. The predicted molar refractivity (Wildman–Crippen MR) is 160 cm³/mol. The first-order chi connectivity index (χ1) is 20.5. The summed E-state index contributed by atoms with van der Waals surface area (Å²) in [5, 5.41) is 2.71. The summed E-state index contributed by atoms with van der Waals surface area (Å²) in [7, 11) is 1.67. The van der Waals surface area contributed by atoms with E-state index < -0.39 is 23.8 Å². The molecule has 3 aromatic carbocycles.